The highest BCUT2D eigenvalue weighted by atomic mass is 79.9. The molecule has 0 aromatic carbocycles. The third kappa shape index (κ3) is 3.08. The number of carboxylic acid groups (broad SMARTS) is 1. The van der Waals surface area contributed by atoms with Gasteiger partial charge < -0.3 is 5.11 Å². The van der Waals surface area contributed by atoms with Gasteiger partial charge in [-0.1, -0.05) is 53.9 Å². The van der Waals surface area contributed by atoms with Gasteiger partial charge in [0.15, 0.2) is 0 Å². The Bertz CT molecular complexity index is 308. The predicted octanol–water partition coefficient (Wildman–Crippen LogP) is 3.70. The number of unbranched alkanes of at least 4 members (excludes halogenated alkanes) is 1. The zero-order valence-electron chi connectivity index (χ0n) is 8.54. The van der Waals surface area contributed by atoms with Crippen molar-refractivity contribution >= 4 is 33.5 Å². The van der Waals surface area contributed by atoms with Crippen molar-refractivity contribution in [3.8, 4) is 0 Å². The minimum Gasteiger partial charge on any atom is -0.478 e. The molecule has 0 saturated heterocycles. The number of hydrogen-bond donors (Lipinski definition) is 1. The first-order valence-electron chi connectivity index (χ1n) is 4.99. The summed E-state index contributed by atoms with van der Waals surface area (Å²) in [6, 6.07) is 0. The van der Waals surface area contributed by atoms with Crippen molar-refractivity contribution < 1.29 is 9.90 Å². The SMILES string of the molecule is CCCCC1C(C(=O)O)=CC=CC1(Cl)Br. The van der Waals surface area contributed by atoms with Gasteiger partial charge in [0, 0.05) is 11.5 Å². The summed E-state index contributed by atoms with van der Waals surface area (Å²) in [6.45, 7) is 2.08. The van der Waals surface area contributed by atoms with Gasteiger partial charge in [-0.05, 0) is 6.42 Å². The summed E-state index contributed by atoms with van der Waals surface area (Å²) in [4.78, 5) is 11.0. The molecule has 4 heteroatoms. The monoisotopic (exact) mass is 292 g/mol. The van der Waals surface area contributed by atoms with E-state index in [0.717, 1.165) is 19.3 Å². The van der Waals surface area contributed by atoms with E-state index < -0.39 is 9.75 Å². The van der Waals surface area contributed by atoms with Gasteiger partial charge in [-0.15, -0.1) is 11.6 Å². The Kier molecular flexibility index (Phi) is 4.41. The topological polar surface area (TPSA) is 37.3 Å². The van der Waals surface area contributed by atoms with E-state index in [1.807, 2.05) is 0 Å². The lowest BCUT2D eigenvalue weighted by Crippen LogP contribution is -2.30. The molecule has 0 fully saturated rings. The molecule has 1 rings (SSSR count). The maximum Gasteiger partial charge on any atom is 0.331 e. The lowest BCUT2D eigenvalue weighted by atomic mass is 9.86. The zero-order valence-corrected chi connectivity index (χ0v) is 10.9. The van der Waals surface area contributed by atoms with Gasteiger partial charge in [-0.2, -0.15) is 0 Å². The molecule has 2 atom stereocenters. The number of alkyl halides is 2. The van der Waals surface area contributed by atoms with Crippen LogP contribution >= 0.6 is 27.5 Å². The van der Waals surface area contributed by atoms with Crippen LogP contribution in [0.3, 0.4) is 0 Å². The molecule has 1 aliphatic rings. The van der Waals surface area contributed by atoms with Crippen LogP contribution in [0.2, 0.25) is 0 Å². The summed E-state index contributed by atoms with van der Waals surface area (Å²) >= 11 is 9.61. The summed E-state index contributed by atoms with van der Waals surface area (Å²) in [5.41, 5.74) is 0.387. The molecule has 84 valence electrons. The van der Waals surface area contributed by atoms with Crippen molar-refractivity contribution in [2.75, 3.05) is 0 Å². The molecular formula is C11H14BrClO2. The van der Waals surface area contributed by atoms with E-state index in [0.29, 0.717) is 5.57 Å². The van der Waals surface area contributed by atoms with Crippen LogP contribution in [0.15, 0.2) is 23.8 Å². The maximum atomic E-state index is 11.0. The Balaban J connectivity index is 2.88. The molecule has 1 N–H and O–H groups in total. The smallest absolute Gasteiger partial charge is 0.331 e. The number of allylic oxidation sites excluding steroid dienone is 3. The molecule has 0 heterocycles. The normalized spacial score (nSPS) is 30.1. The number of aliphatic carboxylic acids is 1. The van der Waals surface area contributed by atoms with E-state index in [1.54, 1.807) is 18.2 Å². The number of carboxylic acids is 1. The summed E-state index contributed by atoms with van der Waals surface area (Å²) < 4.78 is -0.745. The second-order valence-corrected chi connectivity index (χ2v) is 6.05. The molecule has 0 spiro atoms. The van der Waals surface area contributed by atoms with E-state index >= 15 is 0 Å². The van der Waals surface area contributed by atoms with Crippen LogP contribution in [0, 0.1) is 5.92 Å². The van der Waals surface area contributed by atoms with Crippen LogP contribution in [0.5, 0.6) is 0 Å². The van der Waals surface area contributed by atoms with Crippen LogP contribution in [0.4, 0.5) is 0 Å². The van der Waals surface area contributed by atoms with Crippen molar-refractivity contribution in [3.63, 3.8) is 0 Å². The standard InChI is InChI=1S/C11H14BrClO2/c1-2-3-6-9-8(10(14)15)5-4-7-11(9,12)13/h4-5,7,9H,2-3,6H2,1H3,(H,14,15). The van der Waals surface area contributed by atoms with Crippen LogP contribution in [-0.4, -0.2) is 14.9 Å². The molecular weight excluding hydrogens is 279 g/mol. The Morgan fingerprint density at radius 2 is 2.40 bits per heavy atom. The van der Waals surface area contributed by atoms with Crippen molar-refractivity contribution in [3.05, 3.63) is 23.8 Å². The fraction of sp³-hybridized carbons (Fsp3) is 0.545. The number of carbonyl (C=O) groups is 1. The largest absolute Gasteiger partial charge is 0.478 e. The fourth-order valence-electron chi connectivity index (χ4n) is 1.70. The van der Waals surface area contributed by atoms with Crippen molar-refractivity contribution in [2.24, 2.45) is 5.92 Å². The number of rotatable bonds is 4. The Morgan fingerprint density at radius 3 is 2.93 bits per heavy atom. The van der Waals surface area contributed by atoms with E-state index in [2.05, 4.69) is 22.9 Å². The average Bonchev–Trinajstić information content (AvgIpc) is 2.14. The molecule has 0 bridgehead atoms. The molecule has 2 nitrogen and oxygen atoms in total. The minimum absolute atomic E-state index is 0.165. The molecule has 1 aliphatic carbocycles. The van der Waals surface area contributed by atoms with Crippen LogP contribution < -0.4 is 0 Å². The van der Waals surface area contributed by atoms with E-state index in [-0.39, 0.29) is 5.92 Å². The van der Waals surface area contributed by atoms with Crippen LogP contribution in [-0.2, 0) is 4.79 Å². The highest BCUT2D eigenvalue weighted by Crippen LogP contribution is 2.43. The maximum absolute atomic E-state index is 11.0. The van der Waals surface area contributed by atoms with Gasteiger partial charge in [0.25, 0.3) is 0 Å². The molecule has 15 heavy (non-hydrogen) atoms. The second-order valence-electron chi connectivity index (χ2n) is 3.66. The lowest BCUT2D eigenvalue weighted by molar-refractivity contribution is -0.133. The third-order valence-electron chi connectivity index (χ3n) is 2.53. The van der Waals surface area contributed by atoms with Crippen LogP contribution in [0.25, 0.3) is 0 Å². The molecule has 2 unspecified atom stereocenters. The second kappa shape index (κ2) is 5.17. The molecule has 0 aliphatic heterocycles. The lowest BCUT2D eigenvalue weighted by Gasteiger charge is -2.30. The molecule has 0 radical (unpaired) electrons. The number of halogens is 2. The van der Waals surface area contributed by atoms with Gasteiger partial charge in [-0.25, -0.2) is 4.79 Å². The van der Waals surface area contributed by atoms with E-state index in [4.69, 9.17) is 16.7 Å². The first-order chi connectivity index (χ1) is 6.99. The Labute approximate surface area is 103 Å². The third-order valence-corrected chi connectivity index (χ3v) is 3.73. The summed E-state index contributed by atoms with van der Waals surface area (Å²) in [7, 11) is 0. The molecule has 0 aromatic heterocycles. The highest BCUT2D eigenvalue weighted by molar-refractivity contribution is 9.10. The molecule has 0 aromatic rings. The van der Waals surface area contributed by atoms with Gasteiger partial charge in [-0.3, -0.25) is 0 Å². The van der Waals surface area contributed by atoms with Crippen LogP contribution in [0.1, 0.15) is 26.2 Å². The average molecular weight is 294 g/mol. The van der Waals surface area contributed by atoms with Crippen molar-refractivity contribution in [1.82, 2.24) is 0 Å². The minimum atomic E-state index is -0.884. The predicted molar refractivity (Wildman–Crippen MR) is 65.4 cm³/mol. The summed E-state index contributed by atoms with van der Waals surface area (Å²) in [5, 5.41) is 9.06. The molecule has 0 saturated carbocycles. The first kappa shape index (κ1) is 12.8. The van der Waals surface area contributed by atoms with Gasteiger partial charge in [0.05, 0.1) is 0 Å². The van der Waals surface area contributed by atoms with E-state index in [9.17, 15) is 4.79 Å². The first-order valence-corrected chi connectivity index (χ1v) is 6.16. The van der Waals surface area contributed by atoms with E-state index in [1.165, 1.54) is 0 Å². The van der Waals surface area contributed by atoms with Gasteiger partial charge in [0.2, 0.25) is 0 Å². The number of hydrogen-bond acceptors (Lipinski definition) is 1. The fourth-order valence-corrected chi connectivity index (χ4v) is 2.62. The highest BCUT2D eigenvalue weighted by Gasteiger charge is 2.38. The van der Waals surface area contributed by atoms with Gasteiger partial charge in [0.1, 0.15) is 3.78 Å². The van der Waals surface area contributed by atoms with Gasteiger partial charge >= 0.3 is 5.97 Å². The zero-order chi connectivity index (χ0) is 11.5. The quantitative estimate of drug-likeness (QED) is 0.802. The van der Waals surface area contributed by atoms with Crippen molar-refractivity contribution in [1.29, 1.82) is 0 Å². The Morgan fingerprint density at radius 1 is 1.73 bits per heavy atom. The Hall–Kier alpha value is -0.280. The summed E-state index contributed by atoms with van der Waals surface area (Å²) in [5.74, 6) is -1.05. The molecule has 0 amide bonds. The van der Waals surface area contributed by atoms with Crippen molar-refractivity contribution in [2.45, 2.75) is 30.0 Å². The summed E-state index contributed by atoms with van der Waals surface area (Å²) in [6.07, 6.45) is 7.91.